The van der Waals surface area contributed by atoms with Gasteiger partial charge in [0, 0.05) is 29.4 Å². The standard InChI is InChI=1S/C15H24N2O/c1-5-18-14-9-13(15(14,3)4)17-12-8-11(16)7-6-10(12)2/h6-8,13-14,17H,5,9,16H2,1-4H3. The van der Waals surface area contributed by atoms with E-state index in [9.17, 15) is 0 Å². The number of nitrogen functional groups attached to an aromatic ring is 1. The fourth-order valence-electron chi connectivity index (χ4n) is 2.60. The number of hydrogen-bond donors (Lipinski definition) is 2. The van der Waals surface area contributed by atoms with E-state index in [0.717, 1.165) is 24.4 Å². The van der Waals surface area contributed by atoms with E-state index >= 15 is 0 Å². The van der Waals surface area contributed by atoms with Crippen molar-refractivity contribution < 1.29 is 4.74 Å². The van der Waals surface area contributed by atoms with E-state index in [0.29, 0.717) is 12.1 Å². The van der Waals surface area contributed by atoms with Gasteiger partial charge in [0.2, 0.25) is 0 Å². The molecule has 0 heterocycles. The molecular formula is C15H24N2O. The maximum absolute atomic E-state index is 5.84. The molecule has 3 heteroatoms. The number of rotatable bonds is 4. The van der Waals surface area contributed by atoms with Crippen LogP contribution in [0.15, 0.2) is 18.2 Å². The summed E-state index contributed by atoms with van der Waals surface area (Å²) in [5, 5.41) is 3.61. The van der Waals surface area contributed by atoms with Crippen molar-refractivity contribution in [2.24, 2.45) is 5.41 Å². The van der Waals surface area contributed by atoms with Crippen molar-refractivity contribution in [2.75, 3.05) is 17.7 Å². The normalized spacial score (nSPS) is 25.6. The topological polar surface area (TPSA) is 47.3 Å². The highest BCUT2D eigenvalue weighted by Gasteiger charge is 2.48. The third kappa shape index (κ3) is 2.32. The summed E-state index contributed by atoms with van der Waals surface area (Å²) >= 11 is 0. The first-order valence-corrected chi connectivity index (χ1v) is 6.69. The minimum absolute atomic E-state index is 0.174. The highest BCUT2D eigenvalue weighted by Crippen LogP contribution is 2.44. The third-order valence-electron chi connectivity index (χ3n) is 4.14. The van der Waals surface area contributed by atoms with Crippen LogP contribution in [0, 0.1) is 12.3 Å². The Hall–Kier alpha value is -1.22. The van der Waals surface area contributed by atoms with Crippen LogP contribution in [0.1, 0.15) is 32.8 Å². The van der Waals surface area contributed by atoms with Crippen molar-refractivity contribution in [2.45, 2.75) is 46.3 Å². The molecule has 0 amide bonds. The highest BCUT2D eigenvalue weighted by molar-refractivity contribution is 5.60. The molecular weight excluding hydrogens is 224 g/mol. The monoisotopic (exact) mass is 248 g/mol. The number of ether oxygens (including phenoxy) is 1. The smallest absolute Gasteiger partial charge is 0.0665 e. The Balaban J connectivity index is 2.05. The van der Waals surface area contributed by atoms with Crippen molar-refractivity contribution in [1.29, 1.82) is 0 Å². The Kier molecular flexibility index (Phi) is 3.53. The van der Waals surface area contributed by atoms with Gasteiger partial charge < -0.3 is 15.8 Å². The first-order chi connectivity index (χ1) is 8.45. The predicted octanol–water partition coefficient (Wildman–Crippen LogP) is 3.19. The zero-order valence-electron chi connectivity index (χ0n) is 11.8. The summed E-state index contributed by atoms with van der Waals surface area (Å²) in [4.78, 5) is 0. The molecule has 0 spiro atoms. The lowest BCUT2D eigenvalue weighted by molar-refractivity contribution is -0.0976. The van der Waals surface area contributed by atoms with Gasteiger partial charge in [0.1, 0.15) is 0 Å². The van der Waals surface area contributed by atoms with Crippen molar-refractivity contribution in [3.8, 4) is 0 Å². The maximum atomic E-state index is 5.84. The quantitative estimate of drug-likeness (QED) is 0.804. The third-order valence-corrected chi connectivity index (χ3v) is 4.14. The zero-order chi connectivity index (χ0) is 13.3. The van der Waals surface area contributed by atoms with Crippen LogP contribution in [-0.2, 0) is 4.74 Å². The lowest BCUT2D eigenvalue weighted by Gasteiger charge is -2.52. The summed E-state index contributed by atoms with van der Waals surface area (Å²) in [7, 11) is 0. The molecule has 2 unspecified atom stereocenters. The molecule has 1 aliphatic carbocycles. The summed E-state index contributed by atoms with van der Waals surface area (Å²) in [5.74, 6) is 0. The molecule has 3 N–H and O–H groups in total. The van der Waals surface area contributed by atoms with Crippen molar-refractivity contribution in [1.82, 2.24) is 0 Å². The lowest BCUT2D eigenvalue weighted by atomic mass is 9.64. The molecule has 0 bridgehead atoms. The Bertz CT molecular complexity index is 429. The van der Waals surface area contributed by atoms with E-state index < -0.39 is 0 Å². The molecule has 3 nitrogen and oxygen atoms in total. The first-order valence-electron chi connectivity index (χ1n) is 6.69. The van der Waals surface area contributed by atoms with Gasteiger partial charge in [-0.1, -0.05) is 19.9 Å². The summed E-state index contributed by atoms with van der Waals surface area (Å²) < 4.78 is 5.75. The fraction of sp³-hybridized carbons (Fsp3) is 0.600. The summed E-state index contributed by atoms with van der Waals surface area (Å²) in [6.07, 6.45) is 1.43. The van der Waals surface area contributed by atoms with Gasteiger partial charge in [0.25, 0.3) is 0 Å². The van der Waals surface area contributed by atoms with Crippen molar-refractivity contribution in [3.63, 3.8) is 0 Å². The largest absolute Gasteiger partial charge is 0.399 e. The fourth-order valence-corrected chi connectivity index (χ4v) is 2.60. The van der Waals surface area contributed by atoms with Crippen LogP contribution < -0.4 is 11.1 Å². The molecule has 0 aliphatic heterocycles. The van der Waals surface area contributed by atoms with Gasteiger partial charge in [-0.05, 0) is 38.0 Å². The predicted molar refractivity (Wildman–Crippen MR) is 76.8 cm³/mol. The molecule has 1 saturated carbocycles. The molecule has 2 atom stereocenters. The number of benzene rings is 1. The van der Waals surface area contributed by atoms with Gasteiger partial charge in [-0.15, -0.1) is 0 Å². The lowest BCUT2D eigenvalue weighted by Crippen LogP contribution is -2.58. The van der Waals surface area contributed by atoms with Gasteiger partial charge in [-0.25, -0.2) is 0 Å². The van der Waals surface area contributed by atoms with Crippen LogP contribution in [0.5, 0.6) is 0 Å². The molecule has 1 aliphatic rings. The average molecular weight is 248 g/mol. The van der Waals surface area contributed by atoms with Crippen LogP contribution in [0.25, 0.3) is 0 Å². The second-order valence-electron chi connectivity index (χ2n) is 5.77. The average Bonchev–Trinajstić information content (AvgIpc) is 2.32. The number of nitrogens with two attached hydrogens (primary N) is 1. The van der Waals surface area contributed by atoms with Gasteiger partial charge in [-0.2, -0.15) is 0 Å². The summed E-state index contributed by atoms with van der Waals surface area (Å²) in [5.41, 5.74) is 9.20. The Morgan fingerprint density at radius 2 is 2.17 bits per heavy atom. The van der Waals surface area contributed by atoms with Gasteiger partial charge >= 0.3 is 0 Å². The summed E-state index contributed by atoms with van der Waals surface area (Å²) in [6.45, 7) is 9.47. The number of hydrogen-bond acceptors (Lipinski definition) is 3. The van der Waals surface area contributed by atoms with Gasteiger partial charge in [0.05, 0.1) is 6.10 Å². The SMILES string of the molecule is CCOC1CC(Nc2cc(N)ccc2C)C1(C)C. The maximum Gasteiger partial charge on any atom is 0.0665 e. The van der Waals surface area contributed by atoms with Crippen LogP contribution >= 0.6 is 0 Å². The van der Waals surface area contributed by atoms with Crippen LogP contribution in [0.4, 0.5) is 11.4 Å². The van der Waals surface area contributed by atoms with Crippen LogP contribution in [0.2, 0.25) is 0 Å². The molecule has 0 radical (unpaired) electrons. The second kappa shape index (κ2) is 4.81. The van der Waals surface area contributed by atoms with E-state index in [1.165, 1.54) is 5.56 Å². The minimum Gasteiger partial charge on any atom is -0.399 e. The van der Waals surface area contributed by atoms with E-state index in [1.54, 1.807) is 0 Å². The molecule has 1 fully saturated rings. The Morgan fingerprint density at radius 1 is 1.44 bits per heavy atom. The Morgan fingerprint density at radius 3 is 2.78 bits per heavy atom. The number of nitrogens with one attached hydrogen (secondary N) is 1. The van der Waals surface area contributed by atoms with Gasteiger partial charge in [0.15, 0.2) is 0 Å². The van der Waals surface area contributed by atoms with Crippen LogP contribution in [-0.4, -0.2) is 18.8 Å². The first kappa shape index (κ1) is 13.2. The molecule has 1 aromatic rings. The van der Waals surface area contributed by atoms with E-state index in [2.05, 4.69) is 39.1 Å². The van der Waals surface area contributed by atoms with Crippen molar-refractivity contribution in [3.05, 3.63) is 23.8 Å². The molecule has 0 aromatic heterocycles. The Labute approximate surface area is 110 Å². The number of anilines is 2. The molecule has 1 aromatic carbocycles. The molecule has 2 rings (SSSR count). The molecule has 0 saturated heterocycles. The van der Waals surface area contributed by atoms with Crippen molar-refractivity contribution >= 4 is 11.4 Å². The minimum atomic E-state index is 0.174. The highest BCUT2D eigenvalue weighted by atomic mass is 16.5. The zero-order valence-corrected chi connectivity index (χ0v) is 11.8. The second-order valence-corrected chi connectivity index (χ2v) is 5.77. The van der Waals surface area contributed by atoms with Gasteiger partial charge in [-0.3, -0.25) is 0 Å². The summed E-state index contributed by atoms with van der Waals surface area (Å²) in [6, 6.07) is 6.47. The van der Waals surface area contributed by atoms with E-state index in [1.807, 2.05) is 12.1 Å². The molecule has 100 valence electrons. The van der Waals surface area contributed by atoms with E-state index in [-0.39, 0.29) is 5.41 Å². The van der Waals surface area contributed by atoms with E-state index in [4.69, 9.17) is 10.5 Å². The number of aryl methyl sites for hydroxylation is 1. The van der Waals surface area contributed by atoms with Crippen LogP contribution in [0.3, 0.4) is 0 Å². The molecule has 18 heavy (non-hydrogen) atoms.